The van der Waals surface area contributed by atoms with Gasteiger partial charge in [-0.1, -0.05) is 30.3 Å². The molecule has 0 aliphatic heterocycles. The summed E-state index contributed by atoms with van der Waals surface area (Å²) in [5.41, 5.74) is 7.27. The molecule has 0 amide bonds. The minimum absolute atomic E-state index is 0.454. The molecule has 0 aromatic heterocycles. The molecule has 0 saturated heterocycles. The maximum atomic E-state index is 5.89. The summed E-state index contributed by atoms with van der Waals surface area (Å²) in [4.78, 5) is 2.44. The molecule has 88 valence electrons. The second kappa shape index (κ2) is 4.98. The number of benzene rings is 1. The minimum atomic E-state index is 0.454. The van der Waals surface area contributed by atoms with Crippen molar-refractivity contribution in [1.29, 1.82) is 0 Å². The van der Waals surface area contributed by atoms with Crippen molar-refractivity contribution in [3.63, 3.8) is 0 Å². The molecule has 0 spiro atoms. The molecule has 2 atom stereocenters. The van der Waals surface area contributed by atoms with Gasteiger partial charge in [-0.2, -0.15) is 0 Å². The van der Waals surface area contributed by atoms with Gasteiger partial charge >= 0.3 is 0 Å². The molecule has 1 aromatic rings. The summed E-state index contributed by atoms with van der Waals surface area (Å²) in [5.74, 6) is 0.834. The molecule has 2 N–H and O–H groups in total. The van der Waals surface area contributed by atoms with Crippen molar-refractivity contribution in [3.8, 4) is 0 Å². The van der Waals surface area contributed by atoms with Crippen molar-refractivity contribution in [2.24, 2.45) is 11.7 Å². The van der Waals surface area contributed by atoms with Gasteiger partial charge in [-0.25, -0.2) is 0 Å². The molecule has 1 aromatic carbocycles. The third kappa shape index (κ3) is 2.45. The summed E-state index contributed by atoms with van der Waals surface area (Å²) < 4.78 is 0. The van der Waals surface area contributed by atoms with E-state index in [1.807, 2.05) is 0 Å². The number of nitrogens with two attached hydrogens (primary N) is 1. The molecule has 2 unspecified atom stereocenters. The van der Waals surface area contributed by atoms with Crippen molar-refractivity contribution in [2.75, 3.05) is 13.6 Å². The third-order valence-corrected chi connectivity index (χ3v) is 3.82. The van der Waals surface area contributed by atoms with Crippen molar-refractivity contribution in [1.82, 2.24) is 4.90 Å². The molecular formula is C14H22N2. The first-order valence-electron chi connectivity index (χ1n) is 6.21. The maximum absolute atomic E-state index is 5.89. The number of hydrogen-bond donors (Lipinski definition) is 1. The van der Waals surface area contributed by atoms with Gasteiger partial charge in [0.25, 0.3) is 0 Å². The molecule has 1 saturated carbocycles. The van der Waals surface area contributed by atoms with E-state index in [1.54, 1.807) is 0 Å². The summed E-state index contributed by atoms with van der Waals surface area (Å²) in [6.07, 6.45) is 2.71. The Balaban J connectivity index is 2.05. The van der Waals surface area contributed by atoms with Gasteiger partial charge in [0.05, 0.1) is 0 Å². The third-order valence-electron chi connectivity index (χ3n) is 3.82. The minimum Gasteiger partial charge on any atom is -0.329 e. The lowest BCUT2D eigenvalue weighted by Crippen LogP contribution is -2.41. The average molecular weight is 218 g/mol. The molecule has 1 aliphatic rings. The Morgan fingerprint density at radius 2 is 1.94 bits per heavy atom. The monoisotopic (exact) mass is 218 g/mol. The molecule has 1 fully saturated rings. The molecule has 16 heavy (non-hydrogen) atoms. The summed E-state index contributed by atoms with van der Waals surface area (Å²) in [6, 6.07) is 11.7. The Morgan fingerprint density at radius 3 is 2.44 bits per heavy atom. The Hall–Kier alpha value is -0.860. The normalized spacial score (nSPS) is 19.8. The molecule has 0 radical (unpaired) electrons. The molecule has 1 aliphatic carbocycles. The van der Waals surface area contributed by atoms with Crippen molar-refractivity contribution >= 4 is 0 Å². The predicted molar refractivity (Wildman–Crippen MR) is 68.2 cm³/mol. The second-order valence-corrected chi connectivity index (χ2v) is 4.89. The molecule has 0 heterocycles. The van der Waals surface area contributed by atoms with Crippen LogP contribution in [0.5, 0.6) is 0 Å². The SMILES string of the molecule is CC(c1ccccc1)N(C)C(CN)C1CC1. The van der Waals surface area contributed by atoms with Crippen LogP contribution in [0.2, 0.25) is 0 Å². The fourth-order valence-electron chi connectivity index (χ4n) is 2.43. The van der Waals surface area contributed by atoms with E-state index in [-0.39, 0.29) is 0 Å². The first kappa shape index (κ1) is 11.6. The van der Waals surface area contributed by atoms with Gasteiger partial charge < -0.3 is 5.73 Å². The number of hydrogen-bond acceptors (Lipinski definition) is 2. The van der Waals surface area contributed by atoms with E-state index in [2.05, 4.69) is 49.2 Å². The zero-order chi connectivity index (χ0) is 11.5. The van der Waals surface area contributed by atoms with Crippen LogP contribution in [0.15, 0.2) is 30.3 Å². The van der Waals surface area contributed by atoms with Crippen LogP contribution < -0.4 is 5.73 Å². The van der Waals surface area contributed by atoms with E-state index in [0.29, 0.717) is 12.1 Å². The van der Waals surface area contributed by atoms with Gasteiger partial charge in [0.2, 0.25) is 0 Å². The highest BCUT2D eigenvalue weighted by atomic mass is 15.2. The Bertz CT molecular complexity index is 319. The van der Waals surface area contributed by atoms with E-state index in [0.717, 1.165) is 12.5 Å². The van der Waals surface area contributed by atoms with E-state index < -0.39 is 0 Å². The van der Waals surface area contributed by atoms with Gasteiger partial charge in [0.15, 0.2) is 0 Å². The van der Waals surface area contributed by atoms with Gasteiger partial charge in [-0.15, -0.1) is 0 Å². The summed E-state index contributed by atoms with van der Waals surface area (Å²) in [7, 11) is 2.20. The Labute approximate surface area is 98.4 Å². The zero-order valence-corrected chi connectivity index (χ0v) is 10.3. The second-order valence-electron chi connectivity index (χ2n) is 4.89. The summed E-state index contributed by atoms with van der Waals surface area (Å²) in [5, 5.41) is 0. The zero-order valence-electron chi connectivity index (χ0n) is 10.3. The predicted octanol–water partition coefficient (Wildman–Crippen LogP) is 2.42. The molecule has 0 bridgehead atoms. The lowest BCUT2D eigenvalue weighted by molar-refractivity contribution is 0.170. The van der Waals surface area contributed by atoms with E-state index in [1.165, 1.54) is 18.4 Å². The van der Waals surface area contributed by atoms with Gasteiger partial charge in [-0.05, 0) is 38.3 Å². The largest absolute Gasteiger partial charge is 0.329 e. The van der Waals surface area contributed by atoms with E-state index in [9.17, 15) is 0 Å². The number of nitrogens with zero attached hydrogens (tertiary/aromatic N) is 1. The Morgan fingerprint density at radius 1 is 1.31 bits per heavy atom. The molecule has 2 heteroatoms. The highest BCUT2D eigenvalue weighted by Gasteiger charge is 2.34. The molecular weight excluding hydrogens is 196 g/mol. The lowest BCUT2D eigenvalue weighted by Gasteiger charge is -2.33. The lowest BCUT2D eigenvalue weighted by atomic mass is 10.0. The molecule has 2 nitrogen and oxygen atoms in total. The van der Waals surface area contributed by atoms with E-state index in [4.69, 9.17) is 5.73 Å². The number of rotatable bonds is 5. The van der Waals surface area contributed by atoms with Crippen LogP contribution in [0.4, 0.5) is 0 Å². The highest BCUT2D eigenvalue weighted by molar-refractivity contribution is 5.18. The van der Waals surface area contributed by atoms with Gasteiger partial charge in [-0.3, -0.25) is 4.90 Å². The van der Waals surface area contributed by atoms with Crippen LogP contribution in [0.25, 0.3) is 0 Å². The fraction of sp³-hybridized carbons (Fsp3) is 0.571. The topological polar surface area (TPSA) is 29.3 Å². The smallest absolute Gasteiger partial charge is 0.0320 e. The molecule has 2 rings (SSSR count). The number of likely N-dealkylation sites (N-methyl/N-ethyl adjacent to an activating group) is 1. The van der Waals surface area contributed by atoms with Crippen LogP contribution in [0, 0.1) is 5.92 Å². The van der Waals surface area contributed by atoms with Gasteiger partial charge in [0.1, 0.15) is 0 Å². The summed E-state index contributed by atoms with van der Waals surface area (Å²) >= 11 is 0. The standard InChI is InChI=1S/C14H22N2/c1-11(12-6-4-3-5-7-12)16(2)14(10-15)13-8-9-13/h3-7,11,13-14H,8-10,15H2,1-2H3. The average Bonchev–Trinajstić information content (AvgIpc) is 3.14. The van der Waals surface area contributed by atoms with Gasteiger partial charge in [0, 0.05) is 18.6 Å². The summed E-state index contributed by atoms with van der Waals surface area (Å²) in [6.45, 7) is 3.04. The van der Waals surface area contributed by atoms with Crippen LogP contribution in [0.1, 0.15) is 31.4 Å². The van der Waals surface area contributed by atoms with Crippen LogP contribution in [-0.4, -0.2) is 24.5 Å². The fourth-order valence-corrected chi connectivity index (χ4v) is 2.43. The van der Waals surface area contributed by atoms with Crippen molar-refractivity contribution in [2.45, 2.75) is 31.8 Å². The van der Waals surface area contributed by atoms with Crippen molar-refractivity contribution in [3.05, 3.63) is 35.9 Å². The van der Waals surface area contributed by atoms with E-state index >= 15 is 0 Å². The Kier molecular flexibility index (Phi) is 3.62. The first-order chi connectivity index (χ1) is 7.74. The van der Waals surface area contributed by atoms with Crippen LogP contribution >= 0.6 is 0 Å². The maximum Gasteiger partial charge on any atom is 0.0320 e. The quantitative estimate of drug-likeness (QED) is 0.822. The van der Waals surface area contributed by atoms with Crippen molar-refractivity contribution < 1.29 is 0 Å². The van der Waals surface area contributed by atoms with Crippen LogP contribution in [0.3, 0.4) is 0 Å². The first-order valence-corrected chi connectivity index (χ1v) is 6.21. The highest BCUT2D eigenvalue weighted by Crippen LogP contribution is 2.37. The van der Waals surface area contributed by atoms with Crippen LogP contribution in [-0.2, 0) is 0 Å².